The number of fused-ring (bicyclic) bond motifs is 4. The fourth-order valence-electron chi connectivity index (χ4n) is 6.34. The van der Waals surface area contributed by atoms with Gasteiger partial charge in [0.25, 0.3) is 0 Å². The Balaban J connectivity index is 1.74. The minimum Gasteiger partial charge on any atom is -0.459 e. The molecule has 3 heterocycles. The molecule has 9 heteroatoms. The summed E-state index contributed by atoms with van der Waals surface area (Å²) in [5.41, 5.74) is 1.68. The predicted molar refractivity (Wildman–Crippen MR) is 195 cm³/mol. The lowest BCUT2D eigenvalue weighted by atomic mass is 9.72. The second-order valence-electron chi connectivity index (χ2n) is 14.8. The highest BCUT2D eigenvalue weighted by molar-refractivity contribution is 5.82. The topological polar surface area (TPSA) is 132 Å². The number of carbonyl (C=O) groups is 2. The van der Waals surface area contributed by atoms with Gasteiger partial charge in [-0.05, 0) is 56.1 Å². The first-order chi connectivity index (χ1) is 23.7. The number of ether oxygens (including phenoxy) is 4. The van der Waals surface area contributed by atoms with Gasteiger partial charge in [-0.15, -0.1) is 0 Å². The molecule has 9 nitrogen and oxygen atoms in total. The zero-order valence-electron chi connectivity index (χ0n) is 30.7. The fraction of sp³-hybridized carbons (Fsp3) is 0.610. The van der Waals surface area contributed by atoms with Crippen LogP contribution < -0.4 is 0 Å². The van der Waals surface area contributed by atoms with Gasteiger partial charge in [-0.1, -0.05) is 95.0 Å². The number of esters is 2. The molecule has 2 saturated heterocycles. The molecule has 3 N–H and O–H groups in total. The Morgan fingerprint density at radius 1 is 1.16 bits per heavy atom. The van der Waals surface area contributed by atoms with E-state index in [0.29, 0.717) is 38.0 Å². The molecule has 0 aromatic rings. The first-order valence-corrected chi connectivity index (χ1v) is 18.1. The second-order valence-corrected chi connectivity index (χ2v) is 14.8. The van der Waals surface area contributed by atoms with E-state index in [0.717, 1.165) is 29.6 Å². The Morgan fingerprint density at radius 2 is 1.92 bits per heavy atom. The Labute approximate surface area is 299 Å². The van der Waals surface area contributed by atoms with Crippen LogP contribution in [0.2, 0.25) is 0 Å². The number of aliphatic hydroxyl groups excluding tert-OH is 3. The third kappa shape index (κ3) is 12.6. The molecule has 3 rings (SSSR count). The molecular formula is C41H60O9. The van der Waals surface area contributed by atoms with Crippen molar-refractivity contribution in [2.45, 2.75) is 129 Å². The van der Waals surface area contributed by atoms with Crippen molar-refractivity contribution in [1.29, 1.82) is 0 Å². The molecule has 9 atom stereocenters. The van der Waals surface area contributed by atoms with Crippen molar-refractivity contribution in [3.05, 3.63) is 84.6 Å². The van der Waals surface area contributed by atoms with E-state index < -0.39 is 47.9 Å². The van der Waals surface area contributed by atoms with Gasteiger partial charge in [0.05, 0.1) is 42.5 Å². The molecule has 0 aromatic carbocycles. The fourth-order valence-corrected chi connectivity index (χ4v) is 6.34. The maximum absolute atomic E-state index is 13.0. The Kier molecular flexibility index (Phi) is 16.6. The average Bonchev–Trinajstić information content (AvgIpc) is 3.07. The van der Waals surface area contributed by atoms with Crippen molar-refractivity contribution in [2.24, 2.45) is 17.3 Å². The Morgan fingerprint density at radius 3 is 2.64 bits per heavy atom. The van der Waals surface area contributed by atoms with Crippen molar-refractivity contribution < 1.29 is 43.9 Å². The molecule has 2 fully saturated rings. The van der Waals surface area contributed by atoms with E-state index in [1.807, 2.05) is 45.1 Å². The number of carbonyl (C=O) groups excluding carboxylic acids is 2. The zero-order valence-corrected chi connectivity index (χ0v) is 30.7. The summed E-state index contributed by atoms with van der Waals surface area (Å²) >= 11 is 0. The van der Waals surface area contributed by atoms with Gasteiger partial charge in [0, 0.05) is 31.3 Å². The van der Waals surface area contributed by atoms with Gasteiger partial charge in [-0.2, -0.15) is 0 Å². The van der Waals surface area contributed by atoms with Gasteiger partial charge in [-0.25, -0.2) is 9.59 Å². The molecule has 0 amide bonds. The lowest BCUT2D eigenvalue weighted by Gasteiger charge is -2.48. The highest BCUT2D eigenvalue weighted by Gasteiger charge is 2.49. The number of rotatable bonds is 11. The van der Waals surface area contributed by atoms with Crippen LogP contribution in [0.5, 0.6) is 0 Å². The van der Waals surface area contributed by atoms with Crippen molar-refractivity contribution in [3.8, 4) is 0 Å². The molecule has 0 aromatic heterocycles. The highest BCUT2D eigenvalue weighted by atomic mass is 16.6. The Hall–Kier alpha value is -3.08. The minimum atomic E-state index is -1.32. The molecular weight excluding hydrogens is 636 g/mol. The lowest BCUT2D eigenvalue weighted by Crippen LogP contribution is -2.55. The van der Waals surface area contributed by atoms with Crippen LogP contribution in [0, 0.1) is 17.3 Å². The molecule has 0 aliphatic carbocycles. The van der Waals surface area contributed by atoms with Crippen LogP contribution in [0.25, 0.3) is 0 Å². The van der Waals surface area contributed by atoms with Crippen LogP contribution in [0.1, 0.15) is 86.0 Å². The molecule has 0 spiro atoms. The van der Waals surface area contributed by atoms with E-state index in [1.54, 1.807) is 24.3 Å². The van der Waals surface area contributed by atoms with Crippen LogP contribution in [0.15, 0.2) is 84.6 Å². The highest BCUT2D eigenvalue weighted by Crippen LogP contribution is 2.42. The molecule has 4 bridgehead atoms. The molecule has 3 aliphatic rings. The van der Waals surface area contributed by atoms with Gasteiger partial charge >= 0.3 is 11.9 Å². The van der Waals surface area contributed by atoms with Crippen LogP contribution in [0.3, 0.4) is 0 Å². The first-order valence-electron chi connectivity index (χ1n) is 18.1. The second kappa shape index (κ2) is 20.1. The summed E-state index contributed by atoms with van der Waals surface area (Å²) in [6, 6.07) is 0. The SMILES string of the molecule is C=C(CCC(C)C)COC(=O)[C@@H](O)C/C=C\C[C@H]1O[C@H]2C[C@H](OC(=O)/C=C\C=C/C[C@@H]3C[C@@H](O)[C@H](C)[C@H](/C=C(C)\C=C/CC2=C)O3)[C@]1(C)CO. The average molecular weight is 697 g/mol. The maximum Gasteiger partial charge on any atom is 0.335 e. The van der Waals surface area contributed by atoms with Crippen LogP contribution >= 0.6 is 0 Å². The van der Waals surface area contributed by atoms with Gasteiger partial charge in [0.15, 0.2) is 6.10 Å². The summed E-state index contributed by atoms with van der Waals surface area (Å²) in [7, 11) is 0. The quantitative estimate of drug-likeness (QED) is 0.166. The van der Waals surface area contributed by atoms with E-state index in [9.17, 15) is 24.9 Å². The molecule has 0 unspecified atom stereocenters. The number of hydrogen-bond donors (Lipinski definition) is 3. The van der Waals surface area contributed by atoms with Gasteiger partial charge in [0.2, 0.25) is 0 Å². The van der Waals surface area contributed by atoms with Crippen molar-refractivity contribution in [1.82, 2.24) is 0 Å². The smallest absolute Gasteiger partial charge is 0.335 e. The van der Waals surface area contributed by atoms with Crippen LogP contribution in [-0.4, -0.2) is 83.2 Å². The largest absolute Gasteiger partial charge is 0.459 e. The minimum absolute atomic E-state index is 0.0429. The number of aliphatic hydroxyl groups is 3. The third-order valence-electron chi connectivity index (χ3n) is 9.97. The molecule has 0 radical (unpaired) electrons. The summed E-state index contributed by atoms with van der Waals surface area (Å²) in [5.74, 6) is -0.765. The van der Waals surface area contributed by atoms with E-state index in [1.165, 1.54) is 6.08 Å². The summed E-state index contributed by atoms with van der Waals surface area (Å²) in [4.78, 5) is 25.4. The summed E-state index contributed by atoms with van der Waals surface area (Å²) in [5, 5.41) is 31.7. The summed E-state index contributed by atoms with van der Waals surface area (Å²) in [6.07, 6.45) is 16.4. The Bertz CT molecular complexity index is 1310. The predicted octanol–water partition coefficient (Wildman–Crippen LogP) is 6.41. The van der Waals surface area contributed by atoms with Crippen LogP contribution in [-0.2, 0) is 28.5 Å². The molecule has 0 saturated carbocycles. The standard InChI is InChI=1S/C41H60O9/c1-27(2)20-21-29(4)25-47-40(46)33(43)17-11-12-18-37-41(7,26-42)38-24-35(49-37)30(5)15-13-14-28(3)22-36-31(6)34(44)23-32(48-36)16-9-8-10-19-39(45)50-38/h8-14,19,22,27,31-38,42-44H,4-5,15-18,20-21,23-26H2,1-3,6-7H3/b9-8-,12-11-,14-13-,19-10-,28-22-/t31-,32+,33-,34+,35-,36-,37+,38-,41+/m0/s1. The first kappa shape index (κ1) is 41.3. The van der Waals surface area contributed by atoms with Crippen molar-refractivity contribution in [2.75, 3.05) is 13.2 Å². The molecule has 278 valence electrons. The zero-order chi connectivity index (χ0) is 36.8. The summed E-state index contributed by atoms with van der Waals surface area (Å²) in [6.45, 7) is 18.1. The van der Waals surface area contributed by atoms with Gasteiger partial charge < -0.3 is 34.3 Å². The lowest BCUT2D eigenvalue weighted by molar-refractivity contribution is -0.200. The van der Waals surface area contributed by atoms with Crippen LogP contribution in [0.4, 0.5) is 0 Å². The molecule has 50 heavy (non-hydrogen) atoms. The van der Waals surface area contributed by atoms with E-state index in [4.69, 9.17) is 18.9 Å². The monoisotopic (exact) mass is 696 g/mol. The normalized spacial score (nSPS) is 34.7. The molecule has 3 aliphatic heterocycles. The van der Waals surface area contributed by atoms with E-state index in [2.05, 4.69) is 27.0 Å². The van der Waals surface area contributed by atoms with Gasteiger partial charge in [0.1, 0.15) is 12.7 Å². The van der Waals surface area contributed by atoms with E-state index in [-0.39, 0.29) is 37.8 Å². The van der Waals surface area contributed by atoms with Gasteiger partial charge in [-0.3, -0.25) is 0 Å². The van der Waals surface area contributed by atoms with Crippen molar-refractivity contribution in [3.63, 3.8) is 0 Å². The van der Waals surface area contributed by atoms with E-state index >= 15 is 0 Å². The number of hydrogen-bond acceptors (Lipinski definition) is 9. The third-order valence-corrected chi connectivity index (χ3v) is 9.97. The number of allylic oxidation sites excluding steroid dienone is 5. The maximum atomic E-state index is 13.0. The summed E-state index contributed by atoms with van der Waals surface area (Å²) < 4.78 is 24.1. The van der Waals surface area contributed by atoms with Crippen molar-refractivity contribution >= 4 is 11.9 Å².